The molecule has 15 nitrogen and oxygen atoms in total. The van der Waals surface area contributed by atoms with Gasteiger partial charge in [-0.05, 0) is 73.4 Å². The van der Waals surface area contributed by atoms with E-state index in [9.17, 15) is 33.9 Å². The summed E-state index contributed by atoms with van der Waals surface area (Å²) in [6, 6.07) is 22.2. The predicted octanol–water partition coefficient (Wildman–Crippen LogP) is 6.52. The Kier molecular flexibility index (Phi) is 18.5. The molecule has 370 valence electrons. The summed E-state index contributed by atoms with van der Waals surface area (Å²) in [6.45, 7) is 13.1. The molecule has 1 fully saturated rings. The molecule has 0 aromatic heterocycles. The van der Waals surface area contributed by atoms with Crippen molar-refractivity contribution in [3.8, 4) is 11.1 Å². The van der Waals surface area contributed by atoms with Gasteiger partial charge >= 0.3 is 12.1 Å². The molecule has 1 heterocycles. The number of likely N-dealkylation sites (N-methyl/N-ethyl adjacent to an activating group) is 2. The van der Waals surface area contributed by atoms with Crippen molar-refractivity contribution >= 4 is 35.7 Å². The largest absolute Gasteiger partial charge is 0.480 e. The van der Waals surface area contributed by atoms with E-state index < -0.39 is 77.6 Å². The average Bonchev–Trinajstić information content (AvgIpc) is 3.93. The zero-order valence-electron chi connectivity index (χ0n) is 41.7. The van der Waals surface area contributed by atoms with Gasteiger partial charge in [0.25, 0.3) is 5.91 Å². The Labute approximate surface area is 402 Å². The predicted molar refractivity (Wildman–Crippen MR) is 260 cm³/mol. The van der Waals surface area contributed by atoms with Gasteiger partial charge < -0.3 is 29.5 Å². The van der Waals surface area contributed by atoms with Crippen molar-refractivity contribution in [1.82, 2.24) is 25.3 Å². The van der Waals surface area contributed by atoms with Gasteiger partial charge in [0.05, 0.1) is 36.6 Å². The fourth-order valence-electron chi connectivity index (χ4n) is 10.1. The van der Waals surface area contributed by atoms with Crippen molar-refractivity contribution in [2.24, 2.45) is 17.8 Å². The molecule has 0 unspecified atom stereocenters. The standard InChI is InChI=1S/C53H73N5O10/c1-12-33(4)46(43(66-10)30-44(59)58-28-20-27-42(58)47(67-11)34(5)48(60)54-41(50(62)63)29-35-21-14-13-15-22-35)56(8)45(32(2)3)49(61)55-51(64)53(6,7)57(9)52(65)68-31-40-38-25-18-16-23-36(38)37-24-17-19-26-39(37)40/h13-19,21-26,32-34,40-43,45-47H,12,20,27-31H2,1-11H3,(H,54,60)(H,62,63)(H,55,61,64)/t33-,34+,41-,42-,43+,45-,46-,47+/m0/s1. The summed E-state index contributed by atoms with van der Waals surface area (Å²) in [4.78, 5) is 87.0. The first-order valence-electron chi connectivity index (χ1n) is 23.9. The van der Waals surface area contributed by atoms with Crippen LogP contribution in [0.2, 0.25) is 0 Å². The Bertz CT molecular complexity index is 2190. The number of amides is 5. The van der Waals surface area contributed by atoms with Crippen LogP contribution in [0.3, 0.4) is 0 Å². The normalized spacial score (nSPS) is 17.8. The topological polar surface area (TPSA) is 184 Å². The lowest BCUT2D eigenvalue weighted by atomic mass is 9.87. The van der Waals surface area contributed by atoms with Crippen LogP contribution in [0.5, 0.6) is 0 Å². The minimum Gasteiger partial charge on any atom is -0.480 e. The van der Waals surface area contributed by atoms with Gasteiger partial charge in [-0.2, -0.15) is 0 Å². The average molecular weight is 940 g/mol. The van der Waals surface area contributed by atoms with E-state index >= 15 is 0 Å². The maximum atomic E-state index is 14.4. The summed E-state index contributed by atoms with van der Waals surface area (Å²) in [6.07, 6.45) is -0.0815. The first kappa shape index (κ1) is 53.3. The number of nitrogens with zero attached hydrogens (tertiary/aromatic N) is 3. The third-order valence-electron chi connectivity index (χ3n) is 14.4. The Hall–Kier alpha value is -5.64. The van der Waals surface area contributed by atoms with Gasteiger partial charge in [-0.3, -0.25) is 34.3 Å². The Balaban J connectivity index is 1.25. The molecule has 5 amide bonds. The number of likely N-dealkylation sites (tertiary alicyclic amines) is 1. The van der Waals surface area contributed by atoms with Gasteiger partial charge in [-0.25, -0.2) is 9.59 Å². The van der Waals surface area contributed by atoms with Gasteiger partial charge in [-0.15, -0.1) is 0 Å². The monoisotopic (exact) mass is 940 g/mol. The number of carboxylic acid groups (broad SMARTS) is 1. The number of hydrogen-bond donors (Lipinski definition) is 3. The van der Waals surface area contributed by atoms with Gasteiger partial charge in [0.15, 0.2) is 0 Å². The van der Waals surface area contributed by atoms with Crippen molar-refractivity contribution in [3.05, 3.63) is 95.6 Å². The quantitative estimate of drug-likeness (QED) is 0.0997. The SMILES string of the molecule is CC[C@H](C)[C@@H]([C@@H](CC(=O)N1CCC[C@H]1[C@H](OC)[C@@H](C)C(=O)N[C@@H](Cc1ccccc1)C(=O)O)OC)N(C)[C@H](C(=O)NC(=O)C(C)(C)N(C)C(=O)OCC1c2ccccc2-c2ccccc21)C(C)C. The lowest BCUT2D eigenvalue weighted by molar-refractivity contribution is -0.146. The molecule has 0 saturated carbocycles. The zero-order chi connectivity index (χ0) is 50.0. The van der Waals surface area contributed by atoms with Crippen LogP contribution in [0.25, 0.3) is 11.1 Å². The molecule has 1 aliphatic heterocycles. The van der Waals surface area contributed by atoms with Crippen LogP contribution < -0.4 is 10.6 Å². The third kappa shape index (κ3) is 12.0. The first-order valence-corrected chi connectivity index (χ1v) is 23.9. The number of fused-ring (bicyclic) bond motifs is 3. The molecule has 0 bridgehead atoms. The summed E-state index contributed by atoms with van der Waals surface area (Å²) >= 11 is 0. The van der Waals surface area contributed by atoms with Crippen molar-refractivity contribution in [3.63, 3.8) is 0 Å². The molecule has 3 aromatic rings. The fraction of sp³-hybridized carbons (Fsp3) is 0.547. The lowest BCUT2D eigenvalue weighted by Crippen LogP contribution is -2.62. The van der Waals surface area contributed by atoms with E-state index in [1.807, 2.05) is 87.2 Å². The fourth-order valence-corrected chi connectivity index (χ4v) is 10.1. The highest BCUT2D eigenvalue weighted by atomic mass is 16.6. The number of carboxylic acids is 1. The maximum absolute atomic E-state index is 14.4. The Morgan fingerprint density at radius 1 is 0.838 bits per heavy atom. The van der Waals surface area contributed by atoms with E-state index in [2.05, 4.69) is 22.8 Å². The second-order valence-electron chi connectivity index (χ2n) is 19.3. The maximum Gasteiger partial charge on any atom is 0.410 e. The number of benzene rings is 3. The number of ether oxygens (including phenoxy) is 3. The number of rotatable bonds is 22. The van der Waals surface area contributed by atoms with Crippen LogP contribution in [0, 0.1) is 17.8 Å². The van der Waals surface area contributed by atoms with E-state index in [0.29, 0.717) is 25.8 Å². The molecule has 15 heteroatoms. The number of imide groups is 1. The van der Waals surface area contributed by atoms with E-state index in [4.69, 9.17) is 14.2 Å². The van der Waals surface area contributed by atoms with E-state index in [1.165, 1.54) is 26.2 Å². The third-order valence-corrected chi connectivity index (χ3v) is 14.4. The molecule has 8 atom stereocenters. The number of nitrogens with one attached hydrogen (secondary N) is 2. The van der Waals surface area contributed by atoms with Crippen LogP contribution in [0.1, 0.15) is 96.8 Å². The molecular weight excluding hydrogens is 867 g/mol. The molecule has 3 aromatic carbocycles. The van der Waals surface area contributed by atoms with Gasteiger partial charge in [0.2, 0.25) is 17.7 Å². The van der Waals surface area contributed by atoms with Crippen molar-refractivity contribution in [2.75, 3.05) is 41.5 Å². The highest BCUT2D eigenvalue weighted by Crippen LogP contribution is 2.44. The molecule has 2 aliphatic rings. The van der Waals surface area contributed by atoms with E-state index in [1.54, 1.807) is 44.9 Å². The molecule has 0 spiro atoms. The number of carbonyl (C=O) groups is 6. The summed E-state index contributed by atoms with van der Waals surface area (Å²) in [5.41, 5.74) is 3.60. The number of carbonyl (C=O) groups excluding carboxylic acids is 5. The van der Waals surface area contributed by atoms with Crippen molar-refractivity contribution in [2.45, 2.75) is 128 Å². The van der Waals surface area contributed by atoms with E-state index in [0.717, 1.165) is 27.8 Å². The molecular formula is C53H73N5O10. The van der Waals surface area contributed by atoms with Crippen LogP contribution in [0.4, 0.5) is 4.79 Å². The second kappa shape index (κ2) is 23.6. The van der Waals surface area contributed by atoms with Crippen molar-refractivity contribution < 1.29 is 48.1 Å². The van der Waals surface area contributed by atoms with E-state index in [-0.39, 0.29) is 43.1 Å². The minimum absolute atomic E-state index is 0.0369. The number of aliphatic carboxylic acids is 1. The molecule has 1 aliphatic carbocycles. The molecule has 5 rings (SSSR count). The van der Waals surface area contributed by atoms with Crippen LogP contribution in [-0.4, -0.2) is 139 Å². The first-order chi connectivity index (χ1) is 32.3. The summed E-state index contributed by atoms with van der Waals surface area (Å²) in [7, 11) is 6.31. The Morgan fingerprint density at radius 2 is 1.43 bits per heavy atom. The van der Waals surface area contributed by atoms with Gasteiger partial charge in [0.1, 0.15) is 18.2 Å². The van der Waals surface area contributed by atoms with Crippen LogP contribution in [0.15, 0.2) is 78.9 Å². The van der Waals surface area contributed by atoms with Crippen molar-refractivity contribution in [1.29, 1.82) is 0 Å². The summed E-state index contributed by atoms with van der Waals surface area (Å²) in [5.74, 6) is -4.40. The molecule has 3 N–H and O–H groups in total. The number of methoxy groups -OCH3 is 2. The smallest absolute Gasteiger partial charge is 0.410 e. The summed E-state index contributed by atoms with van der Waals surface area (Å²) in [5, 5.41) is 15.3. The highest BCUT2D eigenvalue weighted by Gasteiger charge is 2.45. The Morgan fingerprint density at radius 3 is 1.97 bits per heavy atom. The van der Waals surface area contributed by atoms with Gasteiger partial charge in [-0.1, -0.05) is 120 Å². The molecule has 1 saturated heterocycles. The second-order valence-corrected chi connectivity index (χ2v) is 19.3. The van der Waals surface area contributed by atoms with Crippen LogP contribution in [-0.2, 0) is 44.6 Å². The van der Waals surface area contributed by atoms with Crippen LogP contribution >= 0.6 is 0 Å². The zero-order valence-corrected chi connectivity index (χ0v) is 41.7. The summed E-state index contributed by atoms with van der Waals surface area (Å²) < 4.78 is 17.9. The number of hydrogen-bond acceptors (Lipinski definition) is 10. The lowest BCUT2D eigenvalue weighted by Gasteiger charge is -2.43. The molecule has 68 heavy (non-hydrogen) atoms. The van der Waals surface area contributed by atoms with Gasteiger partial charge in [0, 0.05) is 46.2 Å². The molecule has 0 radical (unpaired) electrons. The highest BCUT2D eigenvalue weighted by molar-refractivity contribution is 6.02. The minimum atomic E-state index is -1.49.